The largest absolute Gasteiger partial charge is 0.381 e. The Morgan fingerprint density at radius 3 is 3.00 bits per heavy atom. The number of hydrogen-bond donors (Lipinski definition) is 3. The van der Waals surface area contributed by atoms with Crippen LogP contribution in [-0.4, -0.2) is 18.0 Å². The minimum absolute atomic E-state index is 0.0285. The second kappa shape index (κ2) is 4.60. The standard InChI is InChI=1S/C17H21N3O/c18-17-7-5-11(10-17)9-13(17)16(21)20-15-6-8-19-14-4-2-1-3-12(14)15/h1-4,6,11,13,19H,5,7-10,18H2,(H,20,21). The Morgan fingerprint density at radius 1 is 1.38 bits per heavy atom. The molecule has 0 radical (unpaired) electrons. The van der Waals surface area contributed by atoms with E-state index in [0.29, 0.717) is 5.92 Å². The van der Waals surface area contributed by atoms with Crippen molar-refractivity contribution in [2.45, 2.75) is 31.2 Å². The maximum atomic E-state index is 12.7. The average molecular weight is 283 g/mol. The van der Waals surface area contributed by atoms with Gasteiger partial charge in [0, 0.05) is 29.0 Å². The summed E-state index contributed by atoms with van der Waals surface area (Å²) in [5, 5.41) is 6.45. The SMILES string of the molecule is NC12CCC(CC1C(=O)NC1=CCNc3ccccc31)C2. The van der Waals surface area contributed by atoms with Gasteiger partial charge in [-0.15, -0.1) is 0 Å². The van der Waals surface area contributed by atoms with Crippen LogP contribution in [0.2, 0.25) is 0 Å². The van der Waals surface area contributed by atoms with Crippen LogP contribution >= 0.6 is 0 Å². The van der Waals surface area contributed by atoms with Gasteiger partial charge in [0.2, 0.25) is 5.91 Å². The minimum Gasteiger partial charge on any atom is -0.381 e. The minimum atomic E-state index is -0.262. The van der Waals surface area contributed by atoms with Gasteiger partial charge in [-0.05, 0) is 43.7 Å². The third-order valence-electron chi connectivity index (χ3n) is 5.34. The molecular weight excluding hydrogens is 262 g/mol. The van der Waals surface area contributed by atoms with Crippen molar-refractivity contribution in [3.8, 4) is 0 Å². The number of nitrogens with one attached hydrogen (secondary N) is 2. The molecule has 1 aromatic rings. The fraction of sp³-hybridized carbons (Fsp3) is 0.471. The number of hydrogen-bond acceptors (Lipinski definition) is 3. The number of amides is 1. The normalized spacial score (nSPS) is 33.1. The van der Waals surface area contributed by atoms with Crippen LogP contribution in [0.4, 0.5) is 5.69 Å². The highest BCUT2D eigenvalue weighted by atomic mass is 16.2. The van der Waals surface area contributed by atoms with Crippen LogP contribution in [0.5, 0.6) is 0 Å². The van der Waals surface area contributed by atoms with Gasteiger partial charge in [-0.2, -0.15) is 0 Å². The molecule has 2 saturated carbocycles. The molecule has 3 aliphatic rings. The van der Waals surface area contributed by atoms with Gasteiger partial charge in [0.05, 0.1) is 5.92 Å². The molecule has 4 rings (SSSR count). The molecule has 110 valence electrons. The molecule has 4 nitrogen and oxygen atoms in total. The van der Waals surface area contributed by atoms with Crippen molar-refractivity contribution in [2.75, 3.05) is 11.9 Å². The summed E-state index contributed by atoms with van der Waals surface area (Å²) in [5.74, 6) is 0.724. The van der Waals surface area contributed by atoms with Crippen LogP contribution < -0.4 is 16.4 Å². The van der Waals surface area contributed by atoms with E-state index < -0.39 is 0 Å². The molecule has 1 amide bonds. The molecule has 4 N–H and O–H groups in total. The molecule has 0 aromatic heterocycles. The summed E-state index contributed by atoms with van der Waals surface area (Å²) in [5.41, 5.74) is 9.24. The number of benzene rings is 1. The third-order valence-corrected chi connectivity index (χ3v) is 5.34. The predicted molar refractivity (Wildman–Crippen MR) is 83.4 cm³/mol. The Bertz CT molecular complexity index is 624. The quantitative estimate of drug-likeness (QED) is 0.778. The first-order valence-corrected chi connectivity index (χ1v) is 7.79. The highest BCUT2D eigenvalue weighted by Gasteiger charge is 2.52. The van der Waals surface area contributed by atoms with E-state index in [1.54, 1.807) is 0 Å². The Hall–Kier alpha value is -1.81. The maximum Gasteiger partial charge on any atom is 0.229 e. The summed E-state index contributed by atoms with van der Waals surface area (Å²) in [6.07, 6.45) is 6.19. The van der Waals surface area contributed by atoms with Gasteiger partial charge >= 0.3 is 0 Å². The monoisotopic (exact) mass is 283 g/mol. The molecular formula is C17H21N3O. The van der Waals surface area contributed by atoms with Crippen LogP contribution in [0.15, 0.2) is 30.3 Å². The van der Waals surface area contributed by atoms with Crippen molar-refractivity contribution in [1.29, 1.82) is 0 Å². The molecule has 1 aliphatic heterocycles. The van der Waals surface area contributed by atoms with Gasteiger partial charge in [0.25, 0.3) is 0 Å². The molecule has 1 aromatic carbocycles. The van der Waals surface area contributed by atoms with Crippen molar-refractivity contribution < 1.29 is 4.79 Å². The number of para-hydroxylation sites is 1. The van der Waals surface area contributed by atoms with E-state index in [1.807, 2.05) is 30.3 Å². The molecule has 1 heterocycles. The summed E-state index contributed by atoms with van der Waals surface area (Å²) in [4.78, 5) is 12.7. The fourth-order valence-electron chi connectivity index (χ4n) is 4.25. The van der Waals surface area contributed by atoms with E-state index >= 15 is 0 Å². The highest BCUT2D eigenvalue weighted by molar-refractivity contribution is 5.92. The topological polar surface area (TPSA) is 67.2 Å². The lowest BCUT2D eigenvalue weighted by Gasteiger charge is -2.31. The molecule has 4 heteroatoms. The Labute approximate surface area is 124 Å². The van der Waals surface area contributed by atoms with Crippen LogP contribution in [-0.2, 0) is 4.79 Å². The lowest BCUT2D eigenvalue weighted by molar-refractivity contribution is -0.125. The van der Waals surface area contributed by atoms with Crippen molar-refractivity contribution in [3.63, 3.8) is 0 Å². The zero-order valence-corrected chi connectivity index (χ0v) is 12.1. The van der Waals surface area contributed by atoms with Gasteiger partial charge in [-0.25, -0.2) is 0 Å². The Kier molecular flexibility index (Phi) is 2.82. The van der Waals surface area contributed by atoms with Crippen molar-refractivity contribution in [2.24, 2.45) is 17.6 Å². The summed E-state index contributed by atoms with van der Waals surface area (Å²) >= 11 is 0. The van der Waals surface area contributed by atoms with E-state index in [2.05, 4.69) is 10.6 Å². The molecule has 2 fully saturated rings. The van der Waals surface area contributed by atoms with E-state index in [-0.39, 0.29) is 17.4 Å². The number of rotatable bonds is 2. The summed E-state index contributed by atoms with van der Waals surface area (Å²) in [6, 6.07) is 8.07. The van der Waals surface area contributed by atoms with Crippen molar-refractivity contribution in [3.05, 3.63) is 35.9 Å². The summed E-state index contributed by atoms with van der Waals surface area (Å²) < 4.78 is 0. The summed E-state index contributed by atoms with van der Waals surface area (Å²) in [7, 11) is 0. The number of nitrogens with two attached hydrogens (primary N) is 1. The second-order valence-corrected chi connectivity index (χ2v) is 6.66. The first-order chi connectivity index (χ1) is 10.2. The second-order valence-electron chi connectivity index (χ2n) is 6.66. The number of carbonyl (C=O) groups is 1. The van der Waals surface area contributed by atoms with E-state index in [1.165, 1.54) is 6.42 Å². The highest BCUT2D eigenvalue weighted by Crippen LogP contribution is 2.50. The molecule has 21 heavy (non-hydrogen) atoms. The molecule has 0 saturated heterocycles. The molecule has 3 atom stereocenters. The first kappa shape index (κ1) is 12.9. The molecule has 2 bridgehead atoms. The Balaban J connectivity index is 1.54. The molecule has 2 aliphatic carbocycles. The lowest BCUT2D eigenvalue weighted by atomic mass is 9.82. The van der Waals surface area contributed by atoms with E-state index in [0.717, 1.165) is 42.8 Å². The third kappa shape index (κ3) is 2.05. The zero-order valence-electron chi connectivity index (χ0n) is 12.1. The summed E-state index contributed by atoms with van der Waals surface area (Å²) in [6.45, 7) is 0.744. The van der Waals surface area contributed by atoms with Crippen molar-refractivity contribution in [1.82, 2.24) is 5.32 Å². The maximum absolute atomic E-state index is 12.7. The lowest BCUT2D eigenvalue weighted by Crippen LogP contribution is -2.49. The fourth-order valence-corrected chi connectivity index (χ4v) is 4.25. The van der Waals surface area contributed by atoms with E-state index in [4.69, 9.17) is 5.73 Å². The average Bonchev–Trinajstić information content (AvgIpc) is 3.03. The van der Waals surface area contributed by atoms with Crippen LogP contribution in [0, 0.1) is 11.8 Å². The number of fused-ring (bicyclic) bond motifs is 3. The zero-order chi connectivity index (χ0) is 14.4. The Morgan fingerprint density at radius 2 is 2.24 bits per heavy atom. The number of carbonyl (C=O) groups excluding carboxylic acids is 1. The van der Waals surface area contributed by atoms with E-state index in [9.17, 15) is 4.79 Å². The van der Waals surface area contributed by atoms with Gasteiger partial charge < -0.3 is 16.4 Å². The smallest absolute Gasteiger partial charge is 0.229 e. The van der Waals surface area contributed by atoms with Gasteiger partial charge in [-0.3, -0.25) is 4.79 Å². The first-order valence-electron chi connectivity index (χ1n) is 7.79. The van der Waals surface area contributed by atoms with Gasteiger partial charge in [-0.1, -0.05) is 18.2 Å². The predicted octanol–water partition coefficient (Wildman–Crippen LogP) is 2.09. The molecule has 3 unspecified atom stereocenters. The number of anilines is 1. The molecule has 0 spiro atoms. The van der Waals surface area contributed by atoms with Crippen LogP contribution in [0.25, 0.3) is 5.70 Å². The van der Waals surface area contributed by atoms with Gasteiger partial charge in [0.1, 0.15) is 0 Å². The van der Waals surface area contributed by atoms with Crippen LogP contribution in [0.1, 0.15) is 31.2 Å². The van der Waals surface area contributed by atoms with Gasteiger partial charge in [0.15, 0.2) is 0 Å². The van der Waals surface area contributed by atoms with Crippen molar-refractivity contribution >= 4 is 17.3 Å². The van der Waals surface area contributed by atoms with Crippen LogP contribution in [0.3, 0.4) is 0 Å².